The third kappa shape index (κ3) is 4.81. The maximum absolute atomic E-state index is 11.5. The zero-order valence-corrected chi connectivity index (χ0v) is 12.6. The van der Waals surface area contributed by atoms with Gasteiger partial charge in [-0.1, -0.05) is 20.8 Å². The normalized spacial score (nSPS) is 12.3. The molecule has 0 atom stereocenters. The van der Waals surface area contributed by atoms with Crippen LogP contribution in [0, 0.1) is 0 Å². The number of alkyl carbamates (subject to hydrolysis) is 1. The molecule has 1 rings (SSSR count). The zero-order chi connectivity index (χ0) is 14.8. The van der Waals surface area contributed by atoms with Crippen molar-refractivity contribution in [1.82, 2.24) is 15.2 Å². The van der Waals surface area contributed by atoms with Crippen molar-refractivity contribution >= 4 is 6.09 Å². The molecule has 0 unspecified atom stereocenters. The van der Waals surface area contributed by atoms with E-state index in [1.54, 1.807) is 0 Å². The van der Waals surface area contributed by atoms with Crippen LogP contribution in [0.3, 0.4) is 0 Å². The Bertz CT molecular complexity index is 452. The van der Waals surface area contributed by atoms with E-state index >= 15 is 0 Å². The van der Waals surface area contributed by atoms with Gasteiger partial charge in [0.2, 0.25) is 0 Å². The van der Waals surface area contributed by atoms with Crippen molar-refractivity contribution in [2.24, 2.45) is 0 Å². The van der Waals surface area contributed by atoms with Crippen LogP contribution in [0.1, 0.15) is 52.9 Å². The Labute approximate surface area is 114 Å². The lowest BCUT2D eigenvalue weighted by molar-refractivity contribution is 0.0522. The Morgan fingerprint density at radius 1 is 1.37 bits per heavy atom. The van der Waals surface area contributed by atoms with E-state index in [1.165, 1.54) is 4.79 Å². The Morgan fingerprint density at radius 2 is 1.95 bits per heavy atom. The summed E-state index contributed by atoms with van der Waals surface area (Å²) < 4.78 is 5.15. The quantitative estimate of drug-likeness (QED) is 0.803. The van der Waals surface area contributed by atoms with Crippen LogP contribution in [0.4, 0.5) is 4.79 Å². The first-order chi connectivity index (χ1) is 8.49. The molecule has 6 heteroatoms. The lowest BCUT2D eigenvalue weighted by Crippen LogP contribution is -2.33. The smallest absolute Gasteiger partial charge is 0.407 e. The van der Waals surface area contributed by atoms with Crippen LogP contribution >= 0.6 is 0 Å². The number of carbonyl (C=O) groups excluding carboxylic acids is 1. The Kier molecular flexibility index (Phi) is 4.12. The van der Waals surface area contributed by atoms with E-state index in [1.807, 2.05) is 26.8 Å². The number of rotatable bonds is 2. The van der Waals surface area contributed by atoms with Gasteiger partial charge in [0.15, 0.2) is 0 Å². The molecule has 0 saturated carbocycles. The van der Waals surface area contributed by atoms with E-state index < -0.39 is 11.7 Å². The molecule has 19 heavy (non-hydrogen) atoms. The summed E-state index contributed by atoms with van der Waals surface area (Å²) in [6.07, 6.45) is -0.467. The fourth-order valence-corrected chi connectivity index (χ4v) is 1.41. The Hall–Kier alpha value is -1.72. The van der Waals surface area contributed by atoms with Gasteiger partial charge in [-0.25, -0.2) is 4.79 Å². The predicted octanol–water partition coefficient (Wildman–Crippen LogP) is 1.92. The summed E-state index contributed by atoms with van der Waals surface area (Å²) in [5.74, 6) is 5.76. The molecule has 3 N–H and O–H groups in total. The van der Waals surface area contributed by atoms with Gasteiger partial charge in [-0.2, -0.15) is 9.89 Å². The van der Waals surface area contributed by atoms with E-state index in [0.717, 1.165) is 11.4 Å². The number of nitrogens with one attached hydrogen (secondary N) is 1. The summed E-state index contributed by atoms with van der Waals surface area (Å²) in [4.78, 5) is 12.8. The number of carbonyl (C=O) groups is 1. The van der Waals surface area contributed by atoms with Crippen molar-refractivity contribution in [3.8, 4) is 0 Å². The summed E-state index contributed by atoms with van der Waals surface area (Å²) in [7, 11) is 0. The number of hydrogen-bond donors (Lipinski definition) is 2. The van der Waals surface area contributed by atoms with Crippen molar-refractivity contribution in [3.05, 3.63) is 17.5 Å². The van der Waals surface area contributed by atoms with Crippen molar-refractivity contribution < 1.29 is 9.53 Å². The predicted molar refractivity (Wildman–Crippen MR) is 74.2 cm³/mol. The summed E-state index contributed by atoms with van der Waals surface area (Å²) in [5, 5.41) is 6.90. The van der Waals surface area contributed by atoms with Crippen molar-refractivity contribution in [3.63, 3.8) is 0 Å². The van der Waals surface area contributed by atoms with Crippen molar-refractivity contribution in [1.29, 1.82) is 0 Å². The first-order valence-electron chi connectivity index (χ1n) is 6.30. The van der Waals surface area contributed by atoms with Crippen LogP contribution < -0.4 is 11.2 Å². The number of ether oxygens (including phenoxy) is 1. The van der Waals surface area contributed by atoms with E-state index in [0.29, 0.717) is 0 Å². The zero-order valence-electron chi connectivity index (χ0n) is 12.6. The number of aromatic nitrogens is 2. The molecule has 1 aromatic rings. The van der Waals surface area contributed by atoms with Gasteiger partial charge in [-0.05, 0) is 26.8 Å². The molecule has 108 valence electrons. The molecule has 0 bridgehead atoms. The minimum Gasteiger partial charge on any atom is -0.444 e. The van der Waals surface area contributed by atoms with Crippen LogP contribution in [0.5, 0.6) is 0 Å². The Balaban J connectivity index is 2.64. The highest BCUT2D eigenvalue weighted by Gasteiger charge is 2.20. The molecule has 0 fully saturated rings. The molecule has 1 amide bonds. The van der Waals surface area contributed by atoms with Crippen LogP contribution in [-0.2, 0) is 16.7 Å². The van der Waals surface area contributed by atoms with Crippen LogP contribution in [0.25, 0.3) is 0 Å². The monoisotopic (exact) mass is 268 g/mol. The van der Waals surface area contributed by atoms with Crippen LogP contribution in [-0.4, -0.2) is 21.6 Å². The lowest BCUT2D eigenvalue weighted by Gasteiger charge is -2.19. The standard InChI is InChI=1S/C13H24N4O2/c1-12(2,3)10-7-9(17(14)16-10)8-15-11(18)19-13(4,5)6/h7H,8,14H2,1-6H3,(H,15,18). The molecular formula is C13H24N4O2. The molecule has 0 aliphatic carbocycles. The number of hydrogen-bond acceptors (Lipinski definition) is 4. The molecular weight excluding hydrogens is 244 g/mol. The maximum atomic E-state index is 11.5. The van der Waals surface area contributed by atoms with E-state index in [2.05, 4.69) is 31.2 Å². The fraction of sp³-hybridized carbons (Fsp3) is 0.692. The van der Waals surface area contributed by atoms with Gasteiger partial charge in [-0.3, -0.25) is 0 Å². The van der Waals surface area contributed by atoms with E-state index in [9.17, 15) is 4.79 Å². The molecule has 0 aliphatic heterocycles. The van der Waals surface area contributed by atoms with Crippen LogP contribution in [0.15, 0.2) is 6.07 Å². The van der Waals surface area contributed by atoms with Gasteiger partial charge >= 0.3 is 6.09 Å². The molecule has 0 radical (unpaired) electrons. The van der Waals surface area contributed by atoms with Gasteiger partial charge in [0, 0.05) is 5.41 Å². The fourth-order valence-electron chi connectivity index (χ4n) is 1.41. The average Bonchev–Trinajstić information content (AvgIpc) is 2.53. The number of amides is 1. The summed E-state index contributed by atoms with van der Waals surface area (Å²) in [6.45, 7) is 11.9. The summed E-state index contributed by atoms with van der Waals surface area (Å²) >= 11 is 0. The summed E-state index contributed by atoms with van der Waals surface area (Å²) in [5.41, 5.74) is 1.03. The molecule has 6 nitrogen and oxygen atoms in total. The molecule has 0 aromatic carbocycles. The SMILES string of the molecule is CC(C)(C)OC(=O)NCc1cc(C(C)(C)C)nn1N. The Morgan fingerprint density at radius 3 is 2.37 bits per heavy atom. The van der Waals surface area contributed by atoms with E-state index in [4.69, 9.17) is 10.6 Å². The van der Waals surface area contributed by atoms with Gasteiger partial charge in [0.05, 0.1) is 17.9 Å². The van der Waals surface area contributed by atoms with Gasteiger partial charge in [0.25, 0.3) is 0 Å². The highest BCUT2D eigenvalue weighted by atomic mass is 16.6. The number of nitrogens with two attached hydrogens (primary N) is 1. The first-order valence-corrected chi connectivity index (χ1v) is 6.30. The van der Waals surface area contributed by atoms with Crippen LogP contribution in [0.2, 0.25) is 0 Å². The number of nitrogen functional groups attached to an aromatic ring is 1. The van der Waals surface area contributed by atoms with Crippen molar-refractivity contribution in [2.45, 2.75) is 59.1 Å². The highest BCUT2D eigenvalue weighted by molar-refractivity contribution is 5.67. The largest absolute Gasteiger partial charge is 0.444 e. The summed E-state index contributed by atoms with van der Waals surface area (Å²) in [6, 6.07) is 1.89. The van der Waals surface area contributed by atoms with Gasteiger partial charge in [-0.15, -0.1) is 0 Å². The third-order valence-corrected chi connectivity index (χ3v) is 2.39. The average molecular weight is 268 g/mol. The first kappa shape index (κ1) is 15.3. The van der Waals surface area contributed by atoms with Crippen molar-refractivity contribution in [2.75, 3.05) is 5.84 Å². The minimum absolute atomic E-state index is 0.0781. The third-order valence-electron chi connectivity index (χ3n) is 2.39. The molecule has 0 saturated heterocycles. The molecule has 1 aromatic heterocycles. The molecule has 0 spiro atoms. The van der Waals surface area contributed by atoms with Gasteiger partial charge in [0.1, 0.15) is 5.60 Å². The lowest BCUT2D eigenvalue weighted by atomic mass is 9.92. The maximum Gasteiger partial charge on any atom is 0.407 e. The highest BCUT2D eigenvalue weighted by Crippen LogP contribution is 2.20. The molecule has 0 aliphatic rings. The van der Waals surface area contributed by atoms with Gasteiger partial charge < -0.3 is 15.9 Å². The second-order valence-corrected chi connectivity index (χ2v) is 6.57. The second kappa shape index (κ2) is 5.11. The number of nitrogens with zero attached hydrogens (tertiary/aromatic N) is 2. The second-order valence-electron chi connectivity index (χ2n) is 6.57. The minimum atomic E-state index is -0.510. The van der Waals surface area contributed by atoms with E-state index in [-0.39, 0.29) is 12.0 Å². The molecule has 1 heterocycles. The topological polar surface area (TPSA) is 82.2 Å².